The van der Waals surface area contributed by atoms with Gasteiger partial charge < -0.3 is 4.90 Å². The molecule has 4 aromatic heterocycles. The number of aromatic nitrogens is 4. The molecule has 0 unspecified atom stereocenters. The second-order valence-electron chi connectivity index (χ2n) is 7.54. The van der Waals surface area contributed by atoms with E-state index in [0.29, 0.717) is 18.7 Å². The van der Waals surface area contributed by atoms with E-state index in [2.05, 4.69) is 24.7 Å². The van der Waals surface area contributed by atoms with Crippen LogP contribution in [0.2, 0.25) is 0 Å². The van der Waals surface area contributed by atoms with Crippen molar-refractivity contribution in [2.75, 3.05) is 22.9 Å². The lowest BCUT2D eigenvalue weighted by atomic mass is 10.0. The number of aryl methyl sites for hydroxylation is 2. The van der Waals surface area contributed by atoms with E-state index in [-0.39, 0.29) is 0 Å². The normalized spacial score (nSPS) is 11.2. The van der Waals surface area contributed by atoms with Crippen molar-refractivity contribution in [1.82, 2.24) is 19.9 Å². The van der Waals surface area contributed by atoms with Gasteiger partial charge in [0.1, 0.15) is 11.6 Å². The van der Waals surface area contributed by atoms with Crippen LogP contribution in [0.1, 0.15) is 11.3 Å². The van der Waals surface area contributed by atoms with E-state index in [1.165, 1.54) is 0 Å². The largest absolute Gasteiger partial charge is 0.328 e. The molecule has 0 aliphatic heterocycles. The van der Waals surface area contributed by atoms with Crippen molar-refractivity contribution >= 4 is 27.3 Å². The molecule has 0 atom stereocenters. The highest BCUT2D eigenvalue weighted by molar-refractivity contribution is 7.92. The first-order valence-corrected chi connectivity index (χ1v) is 12.3. The Morgan fingerprint density at radius 3 is 2.48 bits per heavy atom. The molecule has 0 spiro atoms. The Morgan fingerprint density at radius 2 is 1.70 bits per heavy atom. The van der Waals surface area contributed by atoms with Crippen LogP contribution in [0, 0.1) is 0 Å². The number of pyridine rings is 4. The molecule has 0 radical (unpaired) electrons. The van der Waals surface area contributed by atoms with Gasteiger partial charge in [-0.3, -0.25) is 14.7 Å². The summed E-state index contributed by atoms with van der Waals surface area (Å²) in [5, 5.41) is 0. The molecule has 0 amide bonds. The molecule has 0 aromatic carbocycles. The summed E-state index contributed by atoms with van der Waals surface area (Å²) in [4.78, 5) is 19.9. The zero-order valence-corrected chi connectivity index (χ0v) is 19.2. The lowest BCUT2D eigenvalue weighted by molar-refractivity contribution is 0.606. The molecule has 168 valence electrons. The first-order valence-electron chi connectivity index (χ1n) is 10.4. The summed E-state index contributed by atoms with van der Waals surface area (Å²) in [7, 11) is -1.42. The van der Waals surface area contributed by atoms with Crippen LogP contribution in [0.25, 0.3) is 11.3 Å². The zero-order valence-electron chi connectivity index (χ0n) is 18.4. The van der Waals surface area contributed by atoms with Crippen LogP contribution in [-0.4, -0.2) is 41.7 Å². The number of hydrogen-bond acceptors (Lipinski definition) is 7. The molecule has 1 N–H and O–H groups in total. The summed E-state index contributed by atoms with van der Waals surface area (Å²) in [6.45, 7) is 0. The number of sulfonamides is 1. The van der Waals surface area contributed by atoms with Gasteiger partial charge in [-0.15, -0.1) is 0 Å². The summed E-state index contributed by atoms with van der Waals surface area (Å²) in [5.74, 6) is 1.09. The van der Waals surface area contributed by atoms with Gasteiger partial charge in [-0.25, -0.2) is 18.4 Å². The summed E-state index contributed by atoms with van der Waals surface area (Å²) >= 11 is 0. The van der Waals surface area contributed by atoms with Gasteiger partial charge in [0.25, 0.3) is 0 Å². The lowest BCUT2D eigenvalue weighted by Gasteiger charge is -2.21. The second-order valence-corrected chi connectivity index (χ2v) is 9.29. The Balaban J connectivity index is 1.62. The SMILES string of the molecule is CN(c1cccnc1)c1ncccc1-c1ncccc1CCc1cccc(NS(C)(=O)=O)n1. The van der Waals surface area contributed by atoms with Crippen LogP contribution in [-0.2, 0) is 22.9 Å². The van der Waals surface area contributed by atoms with E-state index in [0.717, 1.165) is 40.3 Å². The van der Waals surface area contributed by atoms with Crippen LogP contribution >= 0.6 is 0 Å². The van der Waals surface area contributed by atoms with Crippen LogP contribution in [0.5, 0.6) is 0 Å². The summed E-state index contributed by atoms with van der Waals surface area (Å²) < 4.78 is 25.4. The van der Waals surface area contributed by atoms with E-state index >= 15 is 0 Å². The number of hydrogen-bond donors (Lipinski definition) is 1. The maximum absolute atomic E-state index is 11.5. The smallest absolute Gasteiger partial charge is 0.230 e. The molecule has 4 heterocycles. The van der Waals surface area contributed by atoms with Gasteiger partial charge in [-0.05, 0) is 60.9 Å². The quantitative estimate of drug-likeness (QED) is 0.426. The van der Waals surface area contributed by atoms with Crippen molar-refractivity contribution in [3.05, 3.63) is 90.6 Å². The molecular weight excluding hydrogens is 436 g/mol. The Bertz CT molecular complexity index is 1350. The molecule has 8 nitrogen and oxygen atoms in total. The number of nitrogens with zero attached hydrogens (tertiary/aromatic N) is 5. The van der Waals surface area contributed by atoms with E-state index in [4.69, 9.17) is 0 Å². The lowest BCUT2D eigenvalue weighted by Crippen LogP contribution is -2.13. The van der Waals surface area contributed by atoms with Gasteiger partial charge in [0.15, 0.2) is 0 Å². The van der Waals surface area contributed by atoms with E-state index < -0.39 is 10.0 Å². The van der Waals surface area contributed by atoms with E-state index in [9.17, 15) is 8.42 Å². The number of nitrogens with one attached hydrogen (secondary N) is 1. The molecule has 4 rings (SSSR count). The topological polar surface area (TPSA) is 101 Å². The Hall–Kier alpha value is -3.85. The molecule has 4 aromatic rings. The highest BCUT2D eigenvalue weighted by atomic mass is 32.2. The average molecular weight is 461 g/mol. The molecule has 0 aliphatic rings. The standard InChI is InChI=1S/C24H24N6O2S/c1-30(20-9-5-14-25-17-20)24-21(10-6-16-27-24)23-18(7-4-15-26-23)12-13-19-8-3-11-22(28-19)29-33(2,31)32/h3-11,14-17H,12-13H2,1-2H3,(H,28,29). The third-order valence-corrected chi connectivity index (χ3v) is 5.61. The van der Waals surface area contributed by atoms with Crippen molar-refractivity contribution in [3.8, 4) is 11.3 Å². The fraction of sp³-hybridized carbons (Fsp3) is 0.167. The highest BCUT2D eigenvalue weighted by Gasteiger charge is 2.16. The predicted octanol–water partition coefficient (Wildman–Crippen LogP) is 3.86. The van der Waals surface area contributed by atoms with Crippen LogP contribution < -0.4 is 9.62 Å². The van der Waals surface area contributed by atoms with E-state index in [1.807, 2.05) is 54.4 Å². The van der Waals surface area contributed by atoms with Gasteiger partial charge in [-0.2, -0.15) is 0 Å². The van der Waals surface area contributed by atoms with Crippen LogP contribution in [0.15, 0.2) is 79.4 Å². The highest BCUT2D eigenvalue weighted by Crippen LogP contribution is 2.33. The molecule has 9 heteroatoms. The summed E-state index contributed by atoms with van der Waals surface area (Å²) in [6, 6.07) is 17.0. The maximum atomic E-state index is 11.5. The van der Waals surface area contributed by atoms with Gasteiger partial charge in [0.2, 0.25) is 10.0 Å². The minimum absolute atomic E-state index is 0.314. The first-order chi connectivity index (χ1) is 15.9. The second kappa shape index (κ2) is 9.74. The van der Waals surface area contributed by atoms with Gasteiger partial charge in [-0.1, -0.05) is 12.1 Å². The zero-order chi connectivity index (χ0) is 23.3. The van der Waals surface area contributed by atoms with Crippen LogP contribution in [0.4, 0.5) is 17.3 Å². The third-order valence-electron chi connectivity index (χ3n) is 5.03. The number of anilines is 3. The monoisotopic (exact) mass is 460 g/mol. The van der Waals surface area contributed by atoms with Gasteiger partial charge >= 0.3 is 0 Å². The minimum atomic E-state index is -3.38. The first kappa shape index (κ1) is 22.3. The molecule has 33 heavy (non-hydrogen) atoms. The average Bonchev–Trinajstić information content (AvgIpc) is 2.82. The van der Waals surface area contributed by atoms with E-state index in [1.54, 1.807) is 36.9 Å². The molecule has 0 bridgehead atoms. The fourth-order valence-electron chi connectivity index (χ4n) is 3.53. The molecule has 0 aliphatic carbocycles. The molecule has 0 saturated carbocycles. The molecular formula is C24H24N6O2S. The van der Waals surface area contributed by atoms with Crippen molar-refractivity contribution in [1.29, 1.82) is 0 Å². The molecule has 0 saturated heterocycles. The Labute approximate surface area is 193 Å². The summed E-state index contributed by atoms with van der Waals surface area (Å²) in [6.07, 6.45) is 9.49. The van der Waals surface area contributed by atoms with Gasteiger partial charge in [0.05, 0.1) is 23.8 Å². The van der Waals surface area contributed by atoms with Crippen LogP contribution in [0.3, 0.4) is 0 Å². The van der Waals surface area contributed by atoms with Gasteiger partial charge in [0, 0.05) is 36.9 Å². The number of rotatable bonds is 8. The minimum Gasteiger partial charge on any atom is -0.328 e. The predicted molar refractivity (Wildman–Crippen MR) is 130 cm³/mol. The van der Waals surface area contributed by atoms with Crippen molar-refractivity contribution < 1.29 is 8.42 Å². The van der Waals surface area contributed by atoms with Crippen molar-refractivity contribution in [3.63, 3.8) is 0 Å². The maximum Gasteiger partial charge on any atom is 0.230 e. The summed E-state index contributed by atoms with van der Waals surface area (Å²) in [5.41, 5.74) is 4.53. The van der Waals surface area contributed by atoms with Crippen molar-refractivity contribution in [2.24, 2.45) is 0 Å². The molecule has 0 fully saturated rings. The Morgan fingerprint density at radius 1 is 0.909 bits per heavy atom. The fourth-order valence-corrected chi connectivity index (χ4v) is 4.03. The Kier molecular flexibility index (Phi) is 6.60. The van der Waals surface area contributed by atoms with Crippen molar-refractivity contribution in [2.45, 2.75) is 12.8 Å². The third kappa shape index (κ3) is 5.69.